The molecule has 0 bridgehead atoms. The molecule has 2 aromatic carbocycles. The van der Waals surface area contributed by atoms with Crippen LogP contribution >= 0.6 is 8.46 Å². The molecule has 0 radical (unpaired) electrons. The lowest BCUT2D eigenvalue weighted by Crippen LogP contribution is -2.42. The Balaban J connectivity index is 2.32. The molecule has 0 aliphatic carbocycles. The predicted octanol–water partition coefficient (Wildman–Crippen LogP) is 4.50. The number of carbonyl (C=O) groups is 2. The molecule has 7 nitrogen and oxygen atoms in total. The zero-order valence-electron chi connectivity index (χ0n) is 20.7. The van der Waals surface area contributed by atoms with Gasteiger partial charge in [-0.1, -0.05) is 24.5 Å². The van der Waals surface area contributed by atoms with Crippen LogP contribution < -0.4 is 5.32 Å². The maximum atomic E-state index is 13.0. The number of benzene rings is 2. The summed E-state index contributed by atoms with van der Waals surface area (Å²) in [6.07, 6.45) is 0.914. The van der Waals surface area contributed by atoms with E-state index in [-0.39, 0.29) is 23.8 Å². The monoisotopic (exact) mass is 488 g/mol. The van der Waals surface area contributed by atoms with Crippen molar-refractivity contribution in [1.82, 2.24) is 5.32 Å². The number of nitrogens with one attached hydrogen (secondary N) is 1. The highest BCUT2D eigenvalue weighted by Crippen LogP contribution is 2.34. The first-order valence-corrected chi connectivity index (χ1v) is 12.3. The number of hydrogen-bond acceptors (Lipinski definition) is 6. The van der Waals surface area contributed by atoms with Crippen LogP contribution in [0.5, 0.6) is 5.75 Å². The molecule has 0 aromatic heterocycles. The van der Waals surface area contributed by atoms with Gasteiger partial charge in [0.25, 0.3) is 11.2 Å². The Morgan fingerprint density at radius 1 is 1.15 bits per heavy atom. The summed E-state index contributed by atoms with van der Waals surface area (Å²) in [5, 5.41) is 22.0. The average molecular weight is 489 g/mol. The van der Waals surface area contributed by atoms with Crippen molar-refractivity contribution < 1.29 is 29.1 Å². The Bertz CT molecular complexity index is 1040. The summed E-state index contributed by atoms with van der Waals surface area (Å²) in [6, 6.07) is 7.65. The second-order valence-electron chi connectivity index (χ2n) is 9.20. The normalized spacial score (nSPS) is 14.0. The molecule has 0 fully saturated rings. The van der Waals surface area contributed by atoms with Gasteiger partial charge in [-0.05, 0) is 86.1 Å². The van der Waals surface area contributed by atoms with Crippen molar-refractivity contribution in [1.29, 1.82) is 0 Å². The molecule has 0 spiro atoms. The minimum absolute atomic E-state index is 0.0815. The van der Waals surface area contributed by atoms with Gasteiger partial charge in [0.2, 0.25) is 0 Å². The highest BCUT2D eigenvalue weighted by Gasteiger charge is 2.32. The predicted molar refractivity (Wildman–Crippen MR) is 133 cm³/mol. The van der Waals surface area contributed by atoms with E-state index >= 15 is 0 Å². The van der Waals surface area contributed by atoms with Crippen LogP contribution in [-0.2, 0) is 25.9 Å². The lowest BCUT2D eigenvalue weighted by Gasteiger charge is -2.20. The molecule has 0 aliphatic heterocycles. The molecule has 2 unspecified atom stereocenters. The second-order valence-corrected chi connectivity index (χ2v) is 10.4. The van der Waals surface area contributed by atoms with Gasteiger partial charge >= 0.3 is 14.4 Å². The Morgan fingerprint density at radius 2 is 1.76 bits per heavy atom. The highest BCUT2D eigenvalue weighted by molar-refractivity contribution is 7.25. The molecule has 0 saturated heterocycles. The molecular formula is C26H35NO6P+. The molecule has 2 rings (SSSR count). The van der Waals surface area contributed by atoms with Crippen molar-refractivity contribution in [2.45, 2.75) is 65.8 Å². The van der Waals surface area contributed by atoms with Crippen molar-refractivity contribution in [3.63, 3.8) is 0 Å². The summed E-state index contributed by atoms with van der Waals surface area (Å²) in [6.45, 7) is 11.2. The van der Waals surface area contributed by atoms with Gasteiger partial charge in [0.15, 0.2) is 0 Å². The Kier molecular flexibility index (Phi) is 9.37. The summed E-state index contributed by atoms with van der Waals surface area (Å²) < 4.78 is 16.5. The number of amides is 1. The van der Waals surface area contributed by atoms with Crippen LogP contribution in [0.15, 0.2) is 30.3 Å². The number of phenols is 1. The largest absolute Gasteiger partial charge is 0.507 e. The smallest absolute Gasteiger partial charge is 0.364 e. The fraction of sp³-hybridized carbons (Fsp3) is 0.462. The van der Waals surface area contributed by atoms with Crippen LogP contribution in [0.1, 0.15) is 72.3 Å². The quantitative estimate of drug-likeness (QED) is 0.335. The molecule has 3 atom stereocenters. The van der Waals surface area contributed by atoms with E-state index in [0.29, 0.717) is 18.4 Å². The third-order valence-electron chi connectivity index (χ3n) is 5.73. The topological polar surface area (TPSA) is 113 Å². The van der Waals surface area contributed by atoms with E-state index < -0.39 is 31.7 Å². The molecule has 0 aliphatic rings. The first kappa shape index (κ1) is 27.5. The fourth-order valence-corrected chi connectivity index (χ4v) is 4.12. The maximum Gasteiger partial charge on any atom is 0.364 e. The van der Waals surface area contributed by atoms with Crippen LogP contribution in [0.2, 0.25) is 0 Å². The van der Waals surface area contributed by atoms with Crippen LogP contribution in [0.3, 0.4) is 0 Å². The number of phenolic OH excluding ortho intramolecular Hbond substituents is 1. The zero-order chi connectivity index (χ0) is 25.6. The minimum atomic E-state index is -1.41. The van der Waals surface area contributed by atoms with E-state index in [1.165, 1.54) is 13.0 Å². The van der Waals surface area contributed by atoms with E-state index in [1.807, 2.05) is 39.8 Å². The van der Waals surface area contributed by atoms with Crippen molar-refractivity contribution in [2.75, 3.05) is 6.61 Å². The summed E-state index contributed by atoms with van der Waals surface area (Å²) >= 11 is 0. The molecule has 184 valence electrons. The number of carbonyl (C=O) groups excluding carboxylic acids is 2. The molecule has 3 N–H and O–H groups in total. The minimum Gasteiger partial charge on any atom is -0.507 e. The van der Waals surface area contributed by atoms with Crippen molar-refractivity contribution in [3.05, 3.63) is 63.7 Å². The summed E-state index contributed by atoms with van der Waals surface area (Å²) in [4.78, 5) is 25.3. The number of aliphatic hydroxyl groups is 1. The first-order chi connectivity index (χ1) is 15.9. The van der Waals surface area contributed by atoms with Crippen LogP contribution in [0.25, 0.3) is 0 Å². The maximum absolute atomic E-state index is 13.0. The van der Waals surface area contributed by atoms with Crippen molar-refractivity contribution in [2.24, 2.45) is 5.92 Å². The van der Waals surface area contributed by atoms with Gasteiger partial charge in [0.05, 0.1) is 12.2 Å². The van der Waals surface area contributed by atoms with Gasteiger partial charge in [0, 0.05) is 12.5 Å². The SMILES string of the molecule is CCOC(=O)C(CC(C)C)NC(=O)c1cc(Cc2c(C)cc([C@](C)(O)[PH+]=O)cc2C)ccc1O. The lowest BCUT2D eigenvalue weighted by atomic mass is 9.92. The van der Waals surface area contributed by atoms with E-state index in [1.54, 1.807) is 19.1 Å². The van der Waals surface area contributed by atoms with Gasteiger partial charge in [-0.25, -0.2) is 4.79 Å². The number of ether oxygens (including phenoxy) is 1. The van der Waals surface area contributed by atoms with Crippen molar-refractivity contribution in [3.8, 4) is 5.75 Å². The lowest BCUT2D eigenvalue weighted by molar-refractivity contribution is -0.145. The van der Waals surface area contributed by atoms with Gasteiger partial charge in [-0.15, -0.1) is 0 Å². The molecule has 34 heavy (non-hydrogen) atoms. The van der Waals surface area contributed by atoms with Crippen LogP contribution in [0, 0.1) is 19.8 Å². The third kappa shape index (κ3) is 6.87. The van der Waals surface area contributed by atoms with Gasteiger partial charge in [-0.3, -0.25) is 4.79 Å². The van der Waals surface area contributed by atoms with Gasteiger partial charge in [-0.2, -0.15) is 0 Å². The summed E-state index contributed by atoms with van der Waals surface area (Å²) in [7, 11) is -0.887. The first-order valence-electron chi connectivity index (χ1n) is 11.4. The van der Waals surface area contributed by atoms with Crippen LogP contribution in [0.4, 0.5) is 0 Å². The highest BCUT2D eigenvalue weighted by atomic mass is 31.1. The average Bonchev–Trinajstić information content (AvgIpc) is 2.76. The van der Waals surface area contributed by atoms with E-state index in [0.717, 1.165) is 22.3 Å². The van der Waals surface area contributed by atoms with E-state index in [9.17, 15) is 24.4 Å². The molecular weight excluding hydrogens is 453 g/mol. The Labute approximate surface area is 202 Å². The Morgan fingerprint density at radius 3 is 2.29 bits per heavy atom. The van der Waals surface area contributed by atoms with Gasteiger partial charge in [0.1, 0.15) is 11.8 Å². The summed E-state index contributed by atoms with van der Waals surface area (Å²) in [5.74, 6) is -1.06. The van der Waals surface area contributed by atoms with E-state index in [4.69, 9.17) is 4.74 Å². The molecule has 1 amide bonds. The number of aryl methyl sites for hydroxylation is 2. The zero-order valence-corrected chi connectivity index (χ0v) is 21.7. The second kappa shape index (κ2) is 11.6. The molecule has 0 heterocycles. The van der Waals surface area contributed by atoms with E-state index in [2.05, 4.69) is 5.32 Å². The van der Waals surface area contributed by atoms with Gasteiger partial charge < -0.3 is 20.3 Å². The number of esters is 1. The number of aromatic hydroxyl groups is 1. The Hall–Kier alpha value is -2.76. The fourth-order valence-electron chi connectivity index (χ4n) is 3.86. The van der Waals surface area contributed by atoms with Crippen molar-refractivity contribution >= 4 is 20.3 Å². The van der Waals surface area contributed by atoms with Crippen LogP contribution in [-0.4, -0.2) is 34.7 Å². The molecule has 2 aromatic rings. The third-order valence-corrected chi connectivity index (χ3v) is 6.41. The molecule has 0 saturated carbocycles. The standard InChI is InChI=1S/C26H34NO6P/c1-7-33-25(30)22(10-15(2)3)27-24(29)21-14-18(8-9-23(21)28)13-20-16(4)11-19(12-17(20)5)26(6,31)34-32/h8-9,11-12,14-15,22,28,31H,7,10,13H2,1-6H3,(H,27,29)/p+1/t22?,26-/m1/s1. The number of rotatable bonds is 10. The summed E-state index contributed by atoms with van der Waals surface area (Å²) in [5.41, 5.74) is 4.32. The number of hydrogen-bond donors (Lipinski definition) is 3. The molecule has 8 heteroatoms.